The van der Waals surface area contributed by atoms with Crippen LogP contribution in [0.1, 0.15) is 24.5 Å². The summed E-state index contributed by atoms with van der Waals surface area (Å²) in [7, 11) is 0. The molecule has 2 amide bonds. The monoisotopic (exact) mass is 378 g/mol. The van der Waals surface area contributed by atoms with E-state index in [0.717, 1.165) is 11.1 Å². The highest BCUT2D eigenvalue weighted by Crippen LogP contribution is 2.27. The first-order valence-corrected chi connectivity index (χ1v) is 8.64. The van der Waals surface area contributed by atoms with Gasteiger partial charge >= 0.3 is 0 Å². The standard InChI is InChI=1S/C19H20Cl2N2O2/c1-12-7-8-15(20)11-17(12)22-19(25)9-10-23(14(3)24)18-6-4-5-16(21)13(18)2/h4-8,11H,9-10H2,1-3H3,(H,22,25). The van der Waals surface area contributed by atoms with Crippen LogP contribution >= 0.6 is 23.2 Å². The normalized spacial score (nSPS) is 10.4. The van der Waals surface area contributed by atoms with Crippen LogP contribution < -0.4 is 10.2 Å². The molecule has 0 aliphatic heterocycles. The van der Waals surface area contributed by atoms with Crippen LogP contribution in [-0.2, 0) is 9.59 Å². The summed E-state index contributed by atoms with van der Waals surface area (Å²) in [6.07, 6.45) is 0.164. The molecule has 0 aliphatic rings. The van der Waals surface area contributed by atoms with Gasteiger partial charge in [0.15, 0.2) is 0 Å². The average Bonchev–Trinajstić information content (AvgIpc) is 2.54. The predicted molar refractivity (Wildman–Crippen MR) is 104 cm³/mol. The smallest absolute Gasteiger partial charge is 0.226 e. The van der Waals surface area contributed by atoms with E-state index in [9.17, 15) is 9.59 Å². The molecule has 0 fully saturated rings. The molecule has 1 N–H and O–H groups in total. The molecule has 25 heavy (non-hydrogen) atoms. The molecule has 4 nitrogen and oxygen atoms in total. The molecular weight excluding hydrogens is 359 g/mol. The Hall–Kier alpha value is -2.04. The highest BCUT2D eigenvalue weighted by Gasteiger charge is 2.17. The van der Waals surface area contributed by atoms with Crippen LogP contribution in [-0.4, -0.2) is 18.4 Å². The number of hydrogen-bond acceptors (Lipinski definition) is 2. The molecule has 0 aliphatic carbocycles. The largest absolute Gasteiger partial charge is 0.326 e. The van der Waals surface area contributed by atoms with E-state index in [2.05, 4.69) is 5.32 Å². The number of aryl methyl sites for hydroxylation is 1. The topological polar surface area (TPSA) is 49.4 Å². The first-order valence-electron chi connectivity index (χ1n) is 7.89. The summed E-state index contributed by atoms with van der Waals surface area (Å²) in [4.78, 5) is 25.8. The molecule has 0 saturated carbocycles. The number of hydrogen-bond donors (Lipinski definition) is 1. The summed E-state index contributed by atoms with van der Waals surface area (Å²) in [6, 6.07) is 10.7. The van der Waals surface area contributed by atoms with E-state index in [4.69, 9.17) is 23.2 Å². The number of rotatable bonds is 5. The summed E-state index contributed by atoms with van der Waals surface area (Å²) >= 11 is 12.1. The first-order chi connectivity index (χ1) is 11.8. The van der Waals surface area contributed by atoms with Crippen LogP contribution in [0.2, 0.25) is 10.0 Å². The number of nitrogens with zero attached hydrogens (tertiary/aromatic N) is 1. The van der Waals surface area contributed by atoms with Gasteiger partial charge in [0.25, 0.3) is 0 Å². The fraction of sp³-hybridized carbons (Fsp3) is 0.263. The first kappa shape index (κ1) is 19.3. The molecule has 2 aromatic carbocycles. The van der Waals surface area contributed by atoms with Crippen LogP contribution in [0.4, 0.5) is 11.4 Å². The number of nitrogens with one attached hydrogen (secondary N) is 1. The summed E-state index contributed by atoms with van der Waals surface area (Å²) in [5, 5.41) is 3.98. The van der Waals surface area contributed by atoms with Crippen LogP contribution in [0.25, 0.3) is 0 Å². The van der Waals surface area contributed by atoms with Gasteiger partial charge in [-0.25, -0.2) is 0 Å². The molecule has 0 aromatic heterocycles. The van der Waals surface area contributed by atoms with Gasteiger partial charge < -0.3 is 10.2 Å². The van der Waals surface area contributed by atoms with Crippen molar-refractivity contribution >= 4 is 46.4 Å². The maximum atomic E-state index is 12.3. The van der Waals surface area contributed by atoms with Gasteiger partial charge in [-0.1, -0.05) is 35.3 Å². The van der Waals surface area contributed by atoms with Gasteiger partial charge in [-0.2, -0.15) is 0 Å². The SMILES string of the molecule is CC(=O)N(CCC(=O)Nc1cc(Cl)ccc1C)c1cccc(Cl)c1C. The Kier molecular flexibility index (Phi) is 6.45. The third-order valence-corrected chi connectivity index (χ3v) is 4.59. The van der Waals surface area contributed by atoms with Crippen molar-refractivity contribution in [2.45, 2.75) is 27.2 Å². The quantitative estimate of drug-likeness (QED) is 0.796. The molecule has 0 spiro atoms. The molecule has 0 heterocycles. The van der Waals surface area contributed by atoms with Crippen LogP contribution in [0.3, 0.4) is 0 Å². The Morgan fingerprint density at radius 1 is 1.12 bits per heavy atom. The van der Waals surface area contributed by atoms with E-state index in [-0.39, 0.29) is 24.8 Å². The number of carbonyl (C=O) groups is 2. The summed E-state index contributed by atoms with van der Waals surface area (Å²) in [5.74, 6) is -0.326. The molecule has 6 heteroatoms. The van der Waals surface area contributed by atoms with E-state index in [0.29, 0.717) is 21.4 Å². The Morgan fingerprint density at radius 3 is 2.52 bits per heavy atom. The number of benzene rings is 2. The molecule has 0 saturated heterocycles. The summed E-state index contributed by atoms with van der Waals surface area (Å²) in [5.41, 5.74) is 3.12. The van der Waals surface area contributed by atoms with Crippen LogP contribution in [0.15, 0.2) is 36.4 Å². The Balaban J connectivity index is 2.08. The summed E-state index contributed by atoms with van der Waals surface area (Å²) in [6.45, 7) is 5.48. The van der Waals surface area contributed by atoms with Crippen molar-refractivity contribution in [2.24, 2.45) is 0 Å². The van der Waals surface area contributed by atoms with Gasteiger partial charge in [0, 0.05) is 41.3 Å². The molecule has 2 rings (SSSR count). The fourth-order valence-corrected chi connectivity index (χ4v) is 2.83. The van der Waals surface area contributed by atoms with Crippen molar-refractivity contribution in [1.82, 2.24) is 0 Å². The highest BCUT2D eigenvalue weighted by molar-refractivity contribution is 6.32. The zero-order valence-electron chi connectivity index (χ0n) is 14.4. The average molecular weight is 379 g/mol. The Bertz CT molecular complexity index is 806. The molecule has 132 valence electrons. The van der Waals surface area contributed by atoms with Gasteiger partial charge in [0.1, 0.15) is 0 Å². The van der Waals surface area contributed by atoms with Gasteiger partial charge in [-0.3, -0.25) is 9.59 Å². The van der Waals surface area contributed by atoms with Crippen LogP contribution in [0.5, 0.6) is 0 Å². The van der Waals surface area contributed by atoms with E-state index in [1.54, 1.807) is 29.2 Å². The second kappa shape index (κ2) is 8.37. The van der Waals surface area contributed by atoms with E-state index in [1.165, 1.54) is 6.92 Å². The number of anilines is 2. The van der Waals surface area contributed by atoms with Crippen molar-refractivity contribution in [3.05, 3.63) is 57.6 Å². The third-order valence-electron chi connectivity index (χ3n) is 3.95. The highest BCUT2D eigenvalue weighted by atomic mass is 35.5. The van der Waals surface area contributed by atoms with Crippen molar-refractivity contribution in [2.75, 3.05) is 16.8 Å². The number of carbonyl (C=O) groups excluding carboxylic acids is 2. The molecule has 0 bridgehead atoms. The van der Waals surface area contributed by atoms with Crippen molar-refractivity contribution in [3.63, 3.8) is 0 Å². The number of halogens is 2. The van der Waals surface area contributed by atoms with Gasteiger partial charge in [-0.05, 0) is 49.2 Å². The van der Waals surface area contributed by atoms with Gasteiger partial charge in [-0.15, -0.1) is 0 Å². The third kappa shape index (κ3) is 4.97. The fourth-order valence-electron chi connectivity index (χ4n) is 2.49. The van der Waals surface area contributed by atoms with Crippen molar-refractivity contribution < 1.29 is 9.59 Å². The summed E-state index contributed by atoms with van der Waals surface area (Å²) < 4.78 is 0. The minimum Gasteiger partial charge on any atom is -0.326 e. The minimum absolute atomic E-state index is 0.142. The Morgan fingerprint density at radius 2 is 1.84 bits per heavy atom. The zero-order chi connectivity index (χ0) is 18.6. The van der Waals surface area contributed by atoms with Gasteiger partial charge in [0.05, 0.1) is 0 Å². The zero-order valence-corrected chi connectivity index (χ0v) is 15.9. The lowest BCUT2D eigenvalue weighted by Gasteiger charge is -2.23. The Labute approximate surface area is 157 Å². The second-order valence-corrected chi connectivity index (χ2v) is 6.66. The minimum atomic E-state index is -0.184. The molecule has 0 radical (unpaired) electrons. The number of amides is 2. The van der Waals surface area contributed by atoms with Gasteiger partial charge in [0.2, 0.25) is 11.8 Å². The van der Waals surface area contributed by atoms with Crippen molar-refractivity contribution in [3.8, 4) is 0 Å². The second-order valence-electron chi connectivity index (χ2n) is 5.81. The molecular formula is C19H20Cl2N2O2. The lowest BCUT2D eigenvalue weighted by Crippen LogP contribution is -2.32. The maximum absolute atomic E-state index is 12.3. The van der Waals surface area contributed by atoms with E-state index < -0.39 is 0 Å². The lowest BCUT2D eigenvalue weighted by molar-refractivity contribution is -0.117. The van der Waals surface area contributed by atoms with Crippen LogP contribution in [0, 0.1) is 13.8 Å². The lowest BCUT2D eigenvalue weighted by atomic mass is 10.1. The van der Waals surface area contributed by atoms with E-state index >= 15 is 0 Å². The van der Waals surface area contributed by atoms with E-state index in [1.807, 2.05) is 26.0 Å². The molecule has 0 atom stereocenters. The molecule has 2 aromatic rings. The molecule has 0 unspecified atom stereocenters. The van der Waals surface area contributed by atoms with Crippen molar-refractivity contribution in [1.29, 1.82) is 0 Å². The predicted octanol–water partition coefficient (Wildman–Crippen LogP) is 4.99. The maximum Gasteiger partial charge on any atom is 0.226 e.